The molecule has 5 heteroatoms. The van der Waals surface area contributed by atoms with Crippen molar-refractivity contribution in [3.05, 3.63) is 89.8 Å². The highest BCUT2D eigenvalue weighted by Crippen LogP contribution is 2.31. The maximum Gasteiger partial charge on any atom is 0.423 e. The van der Waals surface area contributed by atoms with Crippen LogP contribution in [0.1, 0.15) is 24.0 Å². The molecule has 2 aromatic rings. The highest BCUT2D eigenvalue weighted by molar-refractivity contribution is 5.92. The molecule has 5 nitrogen and oxygen atoms in total. The molecule has 0 radical (unpaired) electrons. The summed E-state index contributed by atoms with van der Waals surface area (Å²) < 4.78 is 10.5. The van der Waals surface area contributed by atoms with Crippen molar-refractivity contribution in [1.29, 1.82) is 0 Å². The Labute approximate surface area is 158 Å². The average molecular weight is 363 g/mol. The lowest BCUT2D eigenvalue weighted by atomic mass is 9.89. The lowest BCUT2D eigenvalue weighted by molar-refractivity contribution is -0.138. The summed E-state index contributed by atoms with van der Waals surface area (Å²) >= 11 is 0. The van der Waals surface area contributed by atoms with Gasteiger partial charge in [-0.05, 0) is 31.5 Å². The first-order chi connectivity index (χ1) is 13.1. The number of ether oxygens (including phenoxy) is 2. The van der Waals surface area contributed by atoms with E-state index in [4.69, 9.17) is 9.47 Å². The second-order valence-electron chi connectivity index (χ2n) is 6.12. The Balaban J connectivity index is 1.85. The standard InChI is InChI=1S/C22H21NO4/c1-3-26-21(24)20-15-23(22(25)27-18-7-5-4-6-8-18)14-13-19(20)17-11-9-16(2)10-12-17/h4-15,19H,3H2,1-2H3. The molecule has 0 aliphatic carbocycles. The van der Waals surface area contributed by atoms with Crippen molar-refractivity contribution in [1.82, 2.24) is 4.90 Å². The van der Waals surface area contributed by atoms with Gasteiger partial charge in [0.25, 0.3) is 0 Å². The molecular weight excluding hydrogens is 342 g/mol. The summed E-state index contributed by atoms with van der Waals surface area (Å²) in [6, 6.07) is 16.7. The van der Waals surface area contributed by atoms with Crippen LogP contribution in [0.3, 0.4) is 0 Å². The molecule has 138 valence electrons. The van der Waals surface area contributed by atoms with Crippen molar-refractivity contribution >= 4 is 12.1 Å². The van der Waals surface area contributed by atoms with Gasteiger partial charge >= 0.3 is 12.1 Å². The van der Waals surface area contributed by atoms with Crippen molar-refractivity contribution in [3.8, 4) is 5.75 Å². The minimum absolute atomic E-state index is 0.259. The van der Waals surface area contributed by atoms with Crippen LogP contribution in [0.5, 0.6) is 5.75 Å². The van der Waals surface area contributed by atoms with Gasteiger partial charge in [0.1, 0.15) is 5.75 Å². The number of carbonyl (C=O) groups is 2. The molecule has 27 heavy (non-hydrogen) atoms. The summed E-state index contributed by atoms with van der Waals surface area (Å²) in [4.78, 5) is 26.2. The molecule has 0 spiro atoms. The summed E-state index contributed by atoms with van der Waals surface area (Å²) in [5, 5.41) is 0. The van der Waals surface area contributed by atoms with E-state index in [0.717, 1.165) is 11.1 Å². The molecule has 1 aliphatic heterocycles. The number of para-hydroxylation sites is 1. The first-order valence-corrected chi connectivity index (χ1v) is 8.77. The van der Waals surface area contributed by atoms with Gasteiger partial charge in [-0.2, -0.15) is 0 Å². The smallest absolute Gasteiger partial charge is 0.423 e. The highest BCUT2D eigenvalue weighted by Gasteiger charge is 2.28. The van der Waals surface area contributed by atoms with Gasteiger partial charge < -0.3 is 9.47 Å². The van der Waals surface area contributed by atoms with Crippen LogP contribution in [0.25, 0.3) is 0 Å². The molecule has 0 saturated heterocycles. The molecule has 0 aromatic heterocycles. The number of amides is 1. The number of carbonyl (C=O) groups excluding carboxylic acids is 2. The van der Waals surface area contributed by atoms with Crippen LogP contribution in [-0.2, 0) is 9.53 Å². The second kappa shape index (κ2) is 8.36. The van der Waals surface area contributed by atoms with Gasteiger partial charge in [0.05, 0.1) is 12.2 Å². The van der Waals surface area contributed by atoms with E-state index in [0.29, 0.717) is 11.3 Å². The normalized spacial score (nSPS) is 15.9. The third-order valence-corrected chi connectivity index (χ3v) is 4.16. The van der Waals surface area contributed by atoms with Gasteiger partial charge in [-0.1, -0.05) is 54.1 Å². The van der Waals surface area contributed by atoms with Gasteiger partial charge in [-0.15, -0.1) is 0 Å². The number of allylic oxidation sites excluding steroid dienone is 1. The predicted octanol–water partition coefficient (Wildman–Crippen LogP) is 4.55. The molecule has 3 rings (SSSR count). The van der Waals surface area contributed by atoms with E-state index in [1.165, 1.54) is 11.1 Å². The van der Waals surface area contributed by atoms with Crippen LogP contribution in [-0.4, -0.2) is 23.6 Å². The Morgan fingerprint density at radius 3 is 2.41 bits per heavy atom. The molecule has 1 aliphatic rings. The van der Waals surface area contributed by atoms with E-state index in [2.05, 4.69) is 0 Å². The molecular formula is C22H21NO4. The first-order valence-electron chi connectivity index (χ1n) is 8.77. The van der Waals surface area contributed by atoms with Crippen molar-refractivity contribution in [2.24, 2.45) is 0 Å². The number of benzene rings is 2. The number of hydrogen-bond acceptors (Lipinski definition) is 4. The molecule has 0 saturated carbocycles. The van der Waals surface area contributed by atoms with Crippen LogP contribution in [0.4, 0.5) is 4.79 Å². The molecule has 1 unspecified atom stereocenters. The van der Waals surface area contributed by atoms with Crippen LogP contribution in [0.15, 0.2) is 78.6 Å². The summed E-state index contributed by atoms with van der Waals surface area (Å²) in [6.07, 6.45) is 4.29. The number of esters is 1. The van der Waals surface area contributed by atoms with Crippen LogP contribution >= 0.6 is 0 Å². The minimum atomic E-state index is -0.596. The number of hydrogen-bond donors (Lipinski definition) is 0. The van der Waals surface area contributed by atoms with Crippen LogP contribution < -0.4 is 4.74 Å². The van der Waals surface area contributed by atoms with E-state index in [-0.39, 0.29) is 12.5 Å². The Morgan fingerprint density at radius 1 is 1.04 bits per heavy atom. The Bertz CT molecular complexity index is 869. The fraction of sp³-hybridized carbons (Fsp3) is 0.182. The fourth-order valence-corrected chi connectivity index (χ4v) is 2.77. The monoisotopic (exact) mass is 363 g/mol. The Kier molecular flexibility index (Phi) is 5.71. The Morgan fingerprint density at radius 2 is 1.74 bits per heavy atom. The summed E-state index contributed by atoms with van der Waals surface area (Å²) in [7, 11) is 0. The minimum Gasteiger partial charge on any atom is -0.463 e. The van der Waals surface area contributed by atoms with Crippen molar-refractivity contribution in [3.63, 3.8) is 0 Å². The third-order valence-electron chi connectivity index (χ3n) is 4.16. The van der Waals surface area contributed by atoms with Gasteiger partial charge in [-0.3, -0.25) is 4.90 Å². The maximum atomic E-state index is 12.5. The SMILES string of the molecule is CCOC(=O)C1=CN(C(=O)Oc2ccccc2)C=CC1c1ccc(C)cc1. The third kappa shape index (κ3) is 4.44. The predicted molar refractivity (Wildman–Crippen MR) is 102 cm³/mol. The van der Waals surface area contributed by atoms with Crippen LogP contribution in [0, 0.1) is 6.92 Å². The highest BCUT2D eigenvalue weighted by atomic mass is 16.6. The number of aryl methyl sites for hydroxylation is 1. The fourth-order valence-electron chi connectivity index (χ4n) is 2.77. The molecule has 1 amide bonds. The zero-order valence-corrected chi connectivity index (χ0v) is 15.3. The maximum absolute atomic E-state index is 12.5. The van der Waals surface area contributed by atoms with Crippen molar-refractivity contribution < 1.29 is 19.1 Å². The van der Waals surface area contributed by atoms with E-state index in [1.54, 1.807) is 43.5 Å². The van der Waals surface area contributed by atoms with Crippen molar-refractivity contribution in [2.45, 2.75) is 19.8 Å². The summed E-state index contributed by atoms with van der Waals surface area (Å²) in [6.45, 7) is 4.01. The Hall–Kier alpha value is -3.34. The van der Waals surface area contributed by atoms with E-state index in [9.17, 15) is 9.59 Å². The average Bonchev–Trinajstić information content (AvgIpc) is 2.69. The van der Waals surface area contributed by atoms with Gasteiger partial charge in [0.15, 0.2) is 0 Å². The quantitative estimate of drug-likeness (QED) is 0.748. The first kappa shape index (κ1) is 18.5. The van der Waals surface area contributed by atoms with Gasteiger partial charge in [0, 0.05) is 18.3 Å². The second-order valence-corrected chi connectivity index (χ2v) is 6.12. The lowest BCUT2D eigenvalue weighted by Gasteiger charge is -2.25. The zero-order valence-electron chi connectivity index (χ0n) is 15.3. The molecule has 0 bridgehead atoms. The van der Waals surface area contributed by atoms with Crippen molar-refractivity contribution in [2.75, 3.05) is 6.61 Å². The lowest BCUT2D eigenvalue weighted by Crippen LogP contribution is -2.29. The molecule has 0 fully saturated rings. The molecule has 1 heterocycles. The van der Waals surface area contributed by atoms with E-state index < -0.39 is 12.1 Å². The van der Waals surface area contributed by atoms with Crippen LogP contribution in [0.2, 0.25) is 0 Å². The molecule has 2 aromatic carbocycles. The topological polar surface area (TPSA) is 55.8 Å². The molecule has 0 N–H and O–H groups in total. The zero-order chi connectivity index (χ0) is 19.2. The van der Waals surface area contributed by atoms with Gasteiger partial charge in [-0.25, -0.2) is 9.59 Å². The van der Waals surface area contributed by atoms with E-state index >= 15 is 0 Å². The van der Waals surface area contributed by atoms with E-state index in [1.807, 2.05) is 37.3 Å². The summed E-state index contributed by atoms with van der Waals surface area (Å²) in [5.74, 6) is -0.307. The van der Waals surface area contributed by atoms with Gasteiger partial charge in [0.2, 0.25) is 0 Å². The summed E-state index contributed by atoms with van der Waals surface area (Å²) in [5.41, 5.74) is 2.47. The number of nitrogens with zero attached hydrogens (tertiary/aromatic N) is 1. The number of rotatable bonds is 4. The largest absolute Gasteiger partial charge is 0.463 e. The molecule has 1 atom stereocenters.